The molecule has 0 aromatic heterocycles. The molecule has 1 aromatic carbocycles. The standard InChI is InChI=1S/C21H31ClN2O2/c1-2-3-11-23-12-16-26-15-10-18-8-13-24(14-9-18)21(25)17-19-4-6-20(22)7-5-19/h2,4-7,18,23H,1,3,8-17H2. The maximum atomic E-state index is 12.4. The lowest BCUT2D eigenvalue weighted by Crippen LogP contribution is -2.39. The molecule has 1 N–H and O–H groups in total. The van der Waals surface area contributed by atoms with Crippen molar-refractivity contribution in [3.63, 3.8) is 0 Å². The minimum Gasteiger partial charge on any atom is -0.380 e. The molecular weight excluding hydrogens is 348 g/mol. The maximum Gasteiger partial charge on any atom is 0.226 e. The fourth-order valence-corrected chi connectivity index (χ4v) is 3.31. The van der Waals surface area contributed by atoms with Crippen LogP contribution in [0.25, 0.3) is 0 Å². The molecule has 0 atom stereocenters. The molecule has 0 radical (unpaired) electrons. The minimum absolute atomic E-state index is 0.215. The van der Waals surface area contributed by atoms with Gasteiger partial charge in [0.1, 0.15) is 0 Å². The Morgan fingerprint density at radius 2 is 1.96 bits per heavy atom. The largest absolute Gasteiger partial charge is 0.380 e. The quantitative estimate of drug-likeness (QED) is 0.471. The highest BCUT2D eigenvalue weighted by Gasteiger charge is 2.22. The Kier molecular flexibility index (Phi) is 9.75. The van der Waals surface area contributed by atoms with Gasteiger partial charge in [0.25, 0.3) is 0 Å². The van der Waals surface area contributed by atoms with E-state index in [1.165, 1.54) is 0 Å². The molecule has 1 aliphatic rings. The van der Waals surface area contributed by atoms with E-state index in [-0.39, 0.29) is 5.91 Å². The van der Waals surface area contributed by atoms with E-state index < -0.39 is 0 Å². The Balaban J connectivity index is 1.55. The van der Waals surface area contributed by atoms with Gasteiger partial charge in [0.05, 0.1) is 13.0 Å². The van der Waals surface area contributed by atoms with Crippen LogP contribution in [0, 0.1) is 5.92 Å². The van der Waals surface area contributed by atoms with E-state index >= 15 is 0 Å². The van der Waals surface area contributed by atoms with Crippen LogP contribution < -0.4 is 5.32 Å². The van der Waals surface area contributed by atoms with Crippen LogP contribution in [0.15, 0.2) is 36.9 Å². The number of halogens is 1. The second kappa shape index (κ2) is 12.1. The van der Waals surface area contributed by atoms with Gasteiger partial charge < -0.3 is 15.0 Å². The number of amides is 1. The molecule has 0 spiro atoms. The summed E-state index contributed by atoms with van der Waals surface area (Å²) in [5, 5.41) is 4.02. The molecular formula is C21H31ClN2O2. The summed E-state index contributed by atoms with van der Waals surface area (Å²) in [4.78, 5) is 14.4. The van der Waals surface area contributed by atoms with Crippen molar-refractivity contribution in [1.29, 1.82) is 0 Å². The molecule has 0 saturated carbocycles. The van der Waals surface area contributed by atoms with E-state index in [1.54, 1.807) is 0 Å². The Bertz CT molecular complexity index is 539. The third-order valence-electron chi connectivity index (χ3n) is 4.85. The molecule has 0 unspecified atom stereocenters. The fraction of sp³-hybridized carbons (Fsp3) is 0.571. The predicted molar refractivity (Wildman–Crippen MR) is 108 cm³/mol. The van der Waals surface area contributed by atoms with Crippen LogP contribution in [-0.4, -0.2) is 50.2 Å². The van der Waals surface area contributed by atoms with Gasteiger partial charge in [0.2, 0.25) is 5.91 Å². The smallest absolute Gasteiger partial charge is 0.226 e. The zero-order valence-corrected chi connectivity index (χ0v) is 16.3. The third kappa shape index (κ3) is 7.90. The first-order valence-electron chi connectivity index (χ1n) is 9.60. The monoisotopic (exact) mass is 378 g/mol. The highest BCUT2D eigenvalue weighted by atomic mass is 35.5. The van der Waals surface area contributed by atoms with E-state index in [2.05, 4.69) is 11.9 Å². The topological polar surface area (TPSA) is 41.6 Å². The maximum absolute atomic E-state index is 12.4. The zero-order chi connectivity index (χ0) is 18.6. The van der Waals surface area contributed by atoms with Gasteiger partial charge >= 0.3 is 0 Å². The van der Waals surface area contributed by atoms with Crippen LogP contribution in [0.2, 0.25) is 5.02 Å². The zero-order valence-electron chi connectivity index (χ0n) is 15.6. The summed E-state index contributed by atoms with van der Waals surface area (Å²) in [7, 11) is 0. The minimum atomic E-state index is 0.215. The summed E-state index contributed by atoms with van der Waals surface area (Å²) >= 11 is 5.89. The van der Waals surface area contributed by atoms with Gasteiger partial charge in [-0.2, -0.15) is 0 Å². The van der Waals surface area contributed by atoms with E-state index in [4.69, 9.17) is 16.3 Å². The number of hydrogen-bond acceptors (Lipinski definition) is 3. The Hall–Kier alpha value is -1.36. The van der Waals surface area contributed by atoms with Gasteiger partial charge in [0.15, 0.2) is 0 Å². The van der Waals surface area contributed by atoms with E-state index in [1.807, 2.05) is 35.2 Å². The van der Waals surface area contributed by atoms with Crippen molar-refractivity contribution >= 4 is 17.5 Å². The number of nitrogens with one attached hydrogen (secondary N) is 1. The van der Waals surface area contributed by atoms with Crippen molar-refractivity contribution in [3.8, 4) is 0 Å². The van der Waals surface area contributed by atoms with Crippen molar-refractivity contribution in [3.05, 3.63) is 47.5 Å². The second-order valence-electron chi connectivity index (χ2n) is 6.86. The van der Waals surface area contributed by atoms with Crippen LogP contribution in [0.1, 0.15) is 31.2 Å². The number of likely N-dealkylation sites (tertiary alicyclic amines) is 1. The molecule has 0 aliphatic carbocycles. The molecule has 2 rings (SSSR count). The Morgan fingerprint density at radius 3 is 2.65 bits per heavy atom. The number of carbonyl (C=O) groups excluding carboxylic acids is 1. The van der Waals surface area contributed by atoms with Gasteiger partial charge in [-0.25, -0.2) is 0 Å². The summed E-state index contributed by atoms with van der Waals surface area (Å²) in [5.74, 6) is 0.885. The van der Waals surface area contributed by atoms with Crippen molar-refractivity contribution in [2.75, 3.05) is 39.4 Å². The lowest BCUT2D eigenvalue weighted by atomic mass is 9.93. The molecule has 4 nitrogen and oxygen atoms in total. The lowest BCUT2D eigenvalue weighted by molar-refractivity contribution is -0.131. The highest BCUT2D eigenvalue weighted by molar-refractivity contribution is 6.30. The number of nitrogens with zero attached hydrogens (tertiary/aromatic N) is 1. The first-order chi connectivity index (χ1) is 12.7. The van der Waals surface area contributed by atoms with Gasteiger partial charge in [-0.1, -0.05) is 29.8 Å². The summed E-state index contributed by atoms with van der Waals surface area (Å²) in [6.45, 7) is 8.86. The molecule has 0 bridgehead atoms. The van der Waals surface area contributed by atoms with Crippen LogP contribution in [-0.2, 0) is 16.0 Å². The summed E-state index contributed by atoms with van der Waals surface area (Å²) < 4.78 is 5.70. The highest BCUT2D eigenvalue weighted by Crippen LogP contribution is 2.21. The number of hydrogen-bond donors (Lipinski definition) is 1. The summed E-state index contributed by atoms with van der Waals surface area (Å²) in [5.41, 5.74) is 1.02. The van der Waals surface area contributed by atoms with Crippen molar-refractivity contribution < 1.29 is 9.53 Å². The van der Waals surface area contributed by atoms with Crippen LogP contribution in [0.3, 0.4) is 0 Å². The SMILES string of the molecule is C=CCCNCCOCCC1CCN(C(=O)Cc2ccc(Cl)cc2)CC1. The average Bonchev–Trinajstić information content (AvgIpc) is 2.66. The third-order valence-corrected chi connectivity index (χ3v) is 5.11. The van der Waals surface area contributed by atoms with E-state index in [0.717, 1.165) is 70.6 Å². The molecule has 1 amide bonds. The van der Waals surface area contributed by atoms with E-state index in [0.29, 0.717) is 17.4 Å². The second-order valence-corrected chi connectivity index (χ2v) is 7.29. The van der Waals surface area contributed by atoms with Crippen LogP contribution in [0.4, 0.5) is 0 Å². The summed E-state index contributed by atoms with van der Waals surface area (Å²) in [6, 6.07) is 7.53. The molecule has 1 heterocycles. The number of piperidine rings is 1. The van der Waals surface area contributed by atoms with Crippen molar-refractivity contribution in [2.45, 2.75) is 32.1 Å². The summed E-state index contributed by atoms with van der Waals surface area (Å²) in [6.07, 6.45) is 6.62. The van der Waals surface area contributed by atoms with Crippen LogP contribution in [0.5, 0.6) is 0 Å². The number of ether oxygens (including phenoxy) is 1. The first-order valence-corrected chi connectivity index (χ1v) is 9.98. The fourth-order valence-electron chi connectivity index (χ4n) is 3.19. The molecule has 144 valence electrons. The normalized spacial score (nSPS) is 15.2. The lowest BCUT2D eigenvalue weighted by Gasteiger charge is -2.32. The average molecular weight is 379 g/mol. The molecule has 1 aromatic rings. The molecule has 1 saturated heterocycles. The Labute approximate surface area is 162 Å². The van der Waals surface area contributed by atoms with Gasteiger partial charge in [-0.3, -0.25) is 4.79 Å². The Morgan fingerprint density at radius 1 is 1.23 bits per heavy atom. The first kappa shape index (κ1) is 20.9. The number of rotatable bonds is 11. The molecule has 26 heavy (non-hydrogen) atoms. The van der Waals surface area contributed by atoms with Gasteiger partial charge in [-0.05, 0) is 55.8 Å². The van der Waals surface area contributed by atoms with Crippen molar-refractivity contribution in [2.24, 2.45) is 5.92 Å². The molecule has 1 aliphatic heterocycles. The van der Waals surface area contributed by atoms with Crippen LogP contribution >= 0.6 is 11.6 Å². The van der Waals surface area contributed by atoms with Crippen molar-refractivity contribution in [1.82, 2.24) is 10.2 Å². The van der Waals surface area contributed by atoms with E-state index in [9.17, 15) is 4.79 Å². The molecule has 1 fully saturated rings. The van der Waals surface area contributed by atoms with Gasteiger partial charge in [-0.15, -0.1) is 6.58 Å². The molecule has 5 heteroatoms. The number of carbonyl (C=O) groups is 1. The number of benzene rings is 1. The predicted octanol–water partition coefficient (Wildman–Crippen LogP) is 3.69. The van der Waals surface area contributed by atoms with Gasteiger partial charge in [0, 0.05) is 31.3 Å².